The zero-order valence-corrected chi connectivity index (χ0v) is 6.52. The molecule has 0 aromatic heterocycles. The molecular weight excluding hydrogens is 195 g/mol. The van der Waals surface area contributed by atoms with E-state index in [0.717, 1.165) is 0 Å². The van der Waals surface area contributed by atoms with Crippen molar-refractivity contribution in [2.45, 2.75) is 0 Å². The molecule has 0 radical (unpaired) electrons. The molecule has 0 atom stereocenters. The van der Waals surface area contributed by atoms with Gasteiger partial charge in [0.25, 0.3) is 5.24 Å². The summed E-state index contributed by atoms with van der Waals surface area (Å²) >= 11 is 9.56. The highest BCUT2D eigenvalue weighted by Crippen LogP contribution is 2.01. The minimum atomic E-state index is -1.58. The maximum absolute atomic E-state index is 10.2. The number of carbonyl (C=O) groups excluding carboxylic acids is 2. The van der Waals surface area contributed by atoms with Crippen LogP contribution in [0.25, 0.3) is 0 Å². The van der Waals surface area contributed by atoms with Crippen molar-refractivity contribution in [1.29, 1.82) is 0 Å². The number of hydrogen-bond acceptors (Lipinski definition) is 3. The summed E-state index contributed by atoms with van der Waals surface area (Å²) in [5, 5.41) is 5.92. The maximum atomic E-state index is 10.2. The number of aliphatic carboxylic acids is 1. The van der Waals surface area contributed by atoms with Gasteiger partial charge < -0.3 is 5.11 Å². The van der Waals surface area contributed by atoms with Gasteiger partial charge in [0.05, 0.1) is 0 Å². The minimum Gasteiger partial charge on any atom is -0.478 e. The van der Waals surface area contributed by atoms with Crippen LogP contribution in [0, 0.1) is 0 Å². The average Bonchev–Trinajstić information content (AvgIpc) is 1.81. The second kappa shape index (κ2) is 4.10. The van der Waals surface area contributed by atoms with Crippen molar-refractivity contribution < 1.29 is 19.5 Å². The van der Waals surface area contributed by atoms with E-state index in [2.05, 4.69) is 0 Å². The van der Waals surface area contributed by atoms with Crippen LogP contribution in [0.1, 0.15) is 0 Å². The fourth-order valence-corrected chi connectivity index (χ4v) is 0.561. The third kappa shape index (κ3) is 3.75. The molecule has 0 bridgehead atoms. The van der Waals surface area contributed by atoms with Crippen molar-refractivity contribution in [3.8, 4) is 0 Å². The summed E-state index contributed by atoms with van der Waals surface area (Å²) < 4.78 is 0. The fourth-order valence-electron chi connectivity index (χ4n) is 0.316. The van der Waals surface area contributed by atoms with Crippen molar-refractivity contribution >= 4 is 39.7 Å². The van der Waals surface area contributed by atoms with Crippen LogP contribution in [-0.2, 0) is 14.4 Å². The average molecular weight is 197 g/mol. The molecule has 0 aliphatic carbocycles. The molecule has 0 aromatic rings. The van der Waals surface area contributed by atoms with Crippen molar-refractivity contribution in [1.82, 2.24) is 0 Å². The number of carboxylic acid groups (broad SMARTS) is 1. The summed E-state index contributed by atoms with van der Waals surface area (Å²) in [7, 11) is 0. The predicted molar refractivity (Wildman–Crippen MR) is 37.4 cm³/mol. The van der Waals surface area contributed by atoms with Gasteiger partial charge in [-0.15, -0.1) is 0 Å². The van der Waals surface area contributed by atoms with E-state index in [4.69, 9.17) is 28.3 Å². The summed E-state index contributed by atoms with van der Waals surface area (Å²) in [6.45, 7) is 0. The lowest BCUT2D eigenvalue weighted by Crippen LogP contribution is -2.08. The van der Waals surface area contributed by atoms with Crippen molar-refractivity contribution in [2.24, 2.45) is 0 Å². The molecule has 0 saturated carbocycles. The molecule has 11 heavy (non-hydrogen) atoms. The fraction of sp³-hybridized carbons (Fsp3) is 0. The van der Waals surface area contributed by atoms with Crippen LogP contribution in [0.2, 0.25) is 0 Å². The van der Waals surface area contributed by atoms with Crippen molar-refractivity contribution in [3.63, 3.8) is 0 Å². The number of carboxylic acids is 1. The van der Waals surface area contributed by atoms with Gasteiger partial charge in [-0.2, -0.15) is 0 Å². The van der Waals surface area contributed by atoms with Gasteiger partial charge in [0.15, 0.2) is 0 Å². The van der Waals surface area contributed by atoms with E-state index in [-0.39, 0.29) is 0 Å². The van der Waals surface area contributed by atoms with Crippen LogP contribution in [0.15, 0.2) is 11.6 Å². The molecule has 0 unspecified atom stereocenters. The van der Waals surface area contributed by atoms with Crippen molar-refractivity contribution in [3.05, 3.63) is 11.6 Å². The third-order valence-electron chi connectivity index (χ3n) is 0.700. The van der Waals surface area contributed by atoms with E-state index in [1.807, 2.05) is 0 Å². The molecule has 0 spiro atoms. The third-order valence-corrected chi connectivity index (χ3v) is 1.01. The number of rotatable bonds is 3. The summed E-state index contributed by atoms with van der Waals surface area (Å²) in [4.78, 5) is 30.4. The van der Waals surface area contributed by atoms with Gasteiger partial charge in [0.1, 0.15) is 5.57 Å². The number of allylic oxidation sites excluding steroid dienone is 1. The summed E-state index contributed by atoms with van der Waals surface area (Å²) in [6, 6.07) is 0. The van der Waals surface area contributed by atoms with E-state index in [1.165, 1.54) is 0 Å². The molecule has 0 saturated heterocycles. The Bertz CT molecular complexity index is 227. The van der Waals surface area contributed by atoms with E-state index < -0.39 is 22.0 Å². The van der Waals surface area contributed by atoms with E-state index in [9.17, 15) is 14.4 Å². The molecule has 60 valence electrons. The molecule has 0 aliphatic rings. The lowest BCUT2D eigenvalue weighted by molar-refractivity contribution is -0.134. The zero-order valence-electron chi connectivity index (χ0n) is 5.01. The van der Waals surface area contributed by atoms with Gasteiger partial charge in [-0.3, -0.25) is 9.59 Å². The summed E-state index contributed by atoms with van der Waals surface area (Å²) in [5.74, 6) is -1.58. The molecule has 1 N–H and O–H groups in total. The van der Waals surface area contributed by atoms with Crippen LogP contribution in [0.4, 0.5) is 0 Å². The van der Waals surface area contributed by atoms with E-state index >= 15 is 0 Å². The van der Waals surface area contributed by atoms with Gasteiger partial charge in [-0.1, -0.05) is 0 Å². The highest BCUT2D eigenvalue weighted by atomic mass is 35.5. The Kier molecular flexibility index (Phi) is 3.78. The first-order valence-corrected chi connectivity index (χ1v) is 3.05. The van der Waals surface area contributed by atoms with Gasteiger partial charge in [0.2, 0.25) is 5.24 Å². The largest absolute Gasteiger partial charge is 0.478 e. The highest BCUT2D eigenvalue weighted by molar-refractivity contribution is 6.72. The molecule has 0 amide bonds. The Morgan fingerprint density at radius 1 is 1.18 bits per heavy atom. The molecule has 0 aromatic carbocycles. The van der Waals surface area contributed by atoms with Gasteiger partial charge in [0, 0.05) is 6.08 Å². The Labute approximate surface area is 71.4 Å². The molecule has 6 heteroatoms. The standard InChI is InChI=1S/C5H2Cl2O4/c6-3(8)1-2(4(7)9)5(10)11/h1H,(H,10,11). The maximum Gasteiger partial charge on any atom is 0.340 e. The highest BCUT2D eigenvalue weighted by Gasteiger charge is 2.15. The topological polar surface area (TPSA) is 71.4 Å². The Balaban J connectivity index is 4.75. The number of hydrogen-bond donors (Lipinski definition) is 1. The lowest BCUT2D eigenvalue weighted by atomic mass is 10.3. The van der Waals surface area contributed by atoms with E-state index in [1.54, 1.807) is 0 Å². The number of carbonyl (C=O) groups is 3. The van der Waals surface area contributed by atoms with Crippen LogP contribution in [0.5, 0.6) is 0 Å². The Hall–Kier alpha value is -0.870. The van der Waals surface area contributed by atoms with Crippen molar-refractivity contribution in [2.75, 3.05) is 0 Å². The molecule has 0 aliphatic heterocycles. The molecule has 0 heterocycles. The first-order chi connectivity index (χ1) is 4.95. The minimum absolute atomic E-state index is 0.444. The zero-order chi connectivity index (χ0) is 9.02. The molecule has 4 nitrogen and oxygen atoms in total. The van der Waals surface area contributed by atoms with E-state index in [0.29, 0.717) is 6.08 Å². The lowest BCUT2D eigenvalue weighted by Gasteiger charge is -1.89. The van der Waals surface area contributed by atoms with Gasteiger partial charge in [-0.05, 0) is 23.2 Å². The second-order valence-electron chi connectivity index (χ2n) is 1.44. The quantitative estimate of drug-likeness (QED) is 0.310. The summed E-state index contributed by atoms with van der Waals surface area (Å²) in [6.07, 6.45) is 0.444. The SMILES string of the molecule is O=C(Cl)C=C(C(=O)O)C(=O)Cl. The first-order valence-electron chi connectivity index (χ1n) is 2.29. The molecular formula is C5H2Cl2O4. The van der Waals surface area contributed by atoms with Crippen LogP contribution in [0.3, 0.4) is 0 Å². The normalized spacial score (nSPS) is 10.9. The second-order valence-corrected chi connectivity index (χ2v) is 2.16. The summed E-state index contributed by atoms with van der Waals surface area (Å²) in [5.41, 5.74) is -0.841. The van der Waals surface area contributed by atoms with Crippen LogP contribution >= 0.6 is 23.2 Å². The Morgan fingerprint density at radius 3 is 1.73 bits per heavy atom. The van der Waals surface area contributed by atoms with Gasteiger partial charge in [-0.25, -0.2) is 4.79 Å². The van der Waals surface area contributed by atoms with Gasteiger partial charge >= 0.3 is 5.97 Å². The first kappa shape index (κ1) is 10.1. The van der Waals surface area contributed by atoms with Crippen LogP contribution < -0.4 is 0 Å². The number of halogens is 2. The smallest absolute Gasteiger partial charge is 0.340 e. The molecule has 0 rings (SSSR count). The molecule has 0 fully saturated rings. The van der Waals surface area contributed by atoms with Crippen LogP contribution in [-0.4, -0.2) is 21.6 Å². The monoisotopic (exact) mass is 196 g/mol. The Morgan fingerprint density at radius 2 is 1.64 bits per heavy atom. The predicted octanol–water partition coefficient (Wildman–Crippen LogP) is 0.528.